The van der Waals surface area contributed by atoms with Crippen LogP contribution in [0.25, 0.3) is 6.08 Å². The second-order valence-corrected chi connectivity index (χ2v) is 5.99. The minimum absolute atomic E-state index is 0.0288. The van der Waals surface area contributed by atoms with Crippen LogP contribution in [-0.4, -0.2) is 19.3 Å². The molecular weight excluding hydrogens is 306 g/mol. The van der Waals surface area contributed by atoms with Crippen molar-refractivity contribution in [1.82, 2.24) is 5.32 Å². The predicted molar refractivity (Wildman–Crippen MR) is 96.8 cm³/mol. The monoisotopic (exact) mass is 327 g/mol. The number of hydrogen-bond donors (Lipinski definition) is 1. The molecule has 0 saturated heterocycles. The first kappa shape index (κ1) is 17.2. The van der Waals surface area contributed by atoms with E-state index in [2.05, 4.69) is 17.4 Å². The van der Waals surface area contributed by atoms with Gasteiger partial charge in [0, 0.05) is 11.0 Å². The van der Waals surface area contributed by atoms with Gasteiger partial charge in [0.05, 0.1) is 13.2 Å². The summed E-state index contributed by atoms with van der Waals surface area (Å²) in [6.07, 6.45) is 5.39. The van der Waals surface area contributed by atoms with Crippen molar-refractivity contribution in [2.45, 2.75) is 17.9 Å². The summed E-state index contributed by atoms with van der Waals surface area (Å²) in [4.78, 5) is 13.2. The number of benzene rings is 2. The van der Waals surface area contributed by atoms with E-state index in [9.17, 15) is 4.79 Å². The normalized spacial score (nSPS) is 12.1. The molecule has 0 bridgehead atoms. The number of methoxy groups -OCH3 is 1. The quantitative estimate of drug-likeness (QED) is 0.635. The summed E-state index contributed by atoms with van der Waals surface area (Å²) < 4.78 is 5.11. The summed E-state index contributed by atoms with van der Waals surface area (Å²) in [6, 6.07) is 15.7. The van der Waals surface area contributed by atoms with E-state index in [4.69, 9.17) is 4.74 Å². The summed E-state index contributed by atoms with van der Waals surface area (Å²) in [7, 11) is 1.63. The molecule has 2 rings (SSSR count). The van der Waals surface area contributed by atoms with Gasteiger partial charge < -0.3 is 10.1 Å². The SMILES string of the molecule is COc1ccc(/C=C/C(=O)N[C@H](C)c2ccc(SC)cc2)cc1. The first-order valence-electron chi connectivity index (χ1n) is 7.39. The fourth-order valence-corrected chi connectivity index (χ4v) is 2.53. The lowest BCUT2D eigenvalue weighted by Crippen LogP contribution is -2.24. The Morgan fingerprint density at radius 3 is 2.35 bits per heavy atom. The predicted octanol–water partition coefficient (Wildman–Crippen LogP) is 4.31. The fraction of sp³-hybridized carbons (Fsp3) is 0.211. The highest BCUT2D eigenvalue weighted by Gasteiger charge is 2.07. The molecule has 0 aliphatic heterocycles. The van der Waals surface area contributed by atoms with Crippen LogP contribution < -0.4 is 10.1 Å². The third kappa shape index (κ3) is 5.18. The zero-order chi connectivity index (χ0) is 16.7. The topological polar surface area (TPSA) is 38.3 Å². The minimum Gasteiger partial charge on any atom is -0.497 e. The van der Waals surface area contributed by atoms with Gasteiger partial charge in [0.2, 0.25) is 5.91 Å². The maximum Gasteiger partial charge on any atom is 0.244 e. The third-order valence-electron chi connectivity index (χ3n) is 3.52. The molecule has 0 fully saturated rings. The Labute approximate surface area is 141 Å². The average Bonchev–Trinajstić information content (AvgIpc) is 2.60. The Morgan fingerprint density at radius 2 is 1.78 bits per heavy atom. The number of nitrogens with one attached hydrogen (secondary N) is 1. The molecule has 1 N–H and O–H groups in total. The molecule has 0 spiro atoms. The smallest absolute Gasteiger partial charge is 0.244 e. The van der Waals surface area contributed by atoms with Gasteiger partial charge in [-0.3, -0.25) is 4.79 Å². The lowest BCUT2D eigenvalue weighted by Gasteiger charge is -2.13. The van der Waals surface area contributed by atoms with Gasteiger partial charge in [0.1, 0.15) is 5.75 Å². The molecule has 1 atom stereocenters. The van der Waals surface area contributed by atoms with Crippen LogP contribution in [0.5, 0.6) is 5.75 Å². The second-order valence-electron chi connectivity index (χ2n) is 5.11. The molecule has 0 heterocycles. The molecule has 0 aromatic heterocycles. The Balaban J connectivity index is 1.93. The molecule has 0 aliphatic carbocycles. The van der Waals surface area contributed by atoms with Crippen molar-refractivity contribution in [3.8, 4) is 5.75 Å². The van der Waals surface area contributed by atoms with Gasteiger partial charge in [-0.2, -0.15) is 0 Å². The van der Waals surface area contributed by atoms with Crippen molar-refractivity contribution in [2.24, 2.45) is 0 Å². The molecule has 0 aliphatic rings. The maximum absolute atomic E-state index is 12.0. The van der Waals surface area contributed by atoms with Crippen LogP contribution in [0.15, 0.2) is 59.5 Å². The van der Waals surface area contributed by atoms with Crippen molar-refractivity contribution in [3.63, 3.8) is 0 Å². The second kappa shape index (κ2) is 8.44. The van der Waals surface area contributed by atoms with Gasteiger partial charge in [-0.15, -0.1) is 11.8 Å². The van der Waals surface area contributed by atoms with Crippen molar-refractivity contribution < 1.29 is 9.53 Å². The van der Waals surface area contributed by atoms with E-state index in [-0.39, 0.29) is 11.9 Å². The van der Waals surface area contributed by atoms with Gasteiger partial charge in [-0.1, -0.05) is 24.3 Å². The first-order valence-corrected chi connectivity index (χ1v) is 8.61. The Kier molecular flexibility index (Phi) is 6.29. The zero-order valence-corrected chi connectivity index (χ0v) is 14.4. The van der Waals surface area contributed by atoms with Crippen LogP contribution in [0.4, 0.5) is 0 Å². The number of thioether (sulfide) groups is 1. The van der Waals surface area contributed by atoms with Gasteiger partial charge in [0.25, 0.3) is 0 Å². The molecule has 4 heteroatoms. The summed E-state index contributed by atoms with van der Waals surface area (Å²) in [5.41, 5.74) is 2.05. The number of ether oxygens (including phenoxy) is 1. The lowest BCUT2D eigenvalue weighted by atomic mass is 10.1. The lowest BCUT2D eigenvalue weighted by molar-refractivity contribution is -0.117. The Morgan fingerprint density at radius 1 is 1.13 bits per heavy atom. The molecule has 2 aromatic rings. The third-order valence-corrected chi connectivity index (χ3v) is 4.26. The standard InChI is InChI=1S/C19H21NO2S/c1-14(16-7-11-18(23-3)12-8-16)20-19(21)13-6-15-4-9-17(22-2)10-5-15/h4-14H,1-3H3,(H,20,21)/b13-6+/t14-/m1/s1. The van der Waals surface area contributed by atoms with E-state index in [0.717, 1.165) is 16.9 Å². The highest BCUT2D eigenvalue weighted by Crippen LogP contribution is 2.19. The molecule has 0 unspecified atom stereocenters. The van der Waals surface area contributed by atoms with Crippen LogP contribution in [0.3, 0.4) is 0 Å². The summed E-state index contributed by atoms with van der Waals surface area (Å²) in [5.74, 6) is 0.691. The van der Waals surface area contributed by atoms with Gasteiger partial charge in [-0.05, 0) is 54.6 Å². The number of rotatable bonds is 6. The maximum atomic E-state index is 12.0. The Bertz CT molecular complexity index is 663. The highest BCUT2D eigenvalue weighted by molar-refractivity contribution is 7.98. The van der Waals surface area contributed by atoms with Gasteiger partial charge in [0.15, 0.2) is 0 Å². The zero-order valence-electron chi connectivity index (χ0n) is 13.6. The first-order chi connectivity index (χ1) is 11.1. The molecule has 3 nitrogen and oxygen atoms in total. The number of carbonyl (C=O) groups excluding carboxylic acids is 1. The fourth-order valence-electron chi connectivity index (χ4n) is 2.12. The van der Waals surface area contributed by atoms with Crippen molar-refractivity contribution >= 4 is 23.7 Å². The molecule has 0 saturated carbocycles. The Hall–Kier alpha value is -2.20. The van der Waals surface area contributed by atoms with E-state index in [1.54, 1.807) is 31.0 Å². The molecular formula is C19H21NO2S. The van der Waals surface area contributed by atoms with Crippen LogP contribution >= 0.6 is 11.8 Å². The van der Waals surface area contributed by atoms with Gasteiger partial charge >= 0.3 is 0 Å². The van der Waals surface area contributed by atoms with E-state index in [1.165, 1.54) is 4.90 Å². The summed E-state index contributed by atoms with van der Waals surface area (Å²) in [5, 5.41) is 2.97. The van der Waals surface area contributed by atoms with Crippen LogP contribution in [0.1, 0.15) is 24.1 Å². The molecule has 120 valence electrons. The molecule has 1 amide bonds. The van der Waals surface area contributed by atoms with Crippen molar-refractivity contribution in [3.05, 3.63) is 65.7 Å². The molecule has 0 radical (unpaired) electrons. The average molecular weight is 327 g/mol. The van der Waals surface area contributed by atoms with E-state index < -0.39 is 0 Å². The molecule has 23 heavy (non-hydrogen) atoms. The van der Waals surface area contributed by atoms with Crippen LogP contribution in [-0.2, 0) is 4.79 Å². The number of hydrogen-bond acceptors (Lipinski definition) is 3. The van der Waals surface area contributed by atoms with Crippen LogP contribution in [0.2, 0.25) is 0 Å². The number of amides is 1. The highest BCUT2D eigenvalue weighted by atomic mass is 32.2. The van der Waals surface area contributed by atoms with E-state index >= 15 is 0 Å². The summed E-state index contributed by atoms with van der Waals surface area (Å²) >= 11 is 1.70. The molecule has 2 aromatic carbocycles. The van der Waals surface area contributed by atoms with Gasteiger partial charge in [-0.25, -0.2) is 0 Å². The van der Waals surface area contributed by atoms with Crippen molar-refractivity contribution in [2.75, 3.05) is 13.4 Å². The minimum atomic E-state index is -0.109. The number of carbonyl (C=O) groups is 1. The van der Waals surface area contributed by atoms with E-state index in [1.807, 2.05) is 49.6 Å². The van der Waals surface area contributed by atoms with E-state index in [0.29, 0.717) is 0 Å². The van der Waals surface area contributed by atoms with Crippen molar-refractivity contribution in [1.29, 1.82) is 0 Å². The largest absolute Gasteiger partial charge is 0.497 e. The van der Waals surface area contributed by atoms with Crippen LogP contribution in [0, 0.1) is 0 Å². The summed E-state index contributed by atoms with van der Waals surface area (Å²) in [6.45, 7) is 1.98.